The minimum absolute atomic E-state index is 0.0534. The van der Waals surface area contributed by atoms with Crippen molar-refractivity contribution < 1.29 is 32.7 Å². The van der Waals surface area contributed by atoms with Crippen molar-refractivity contribution in [1.29, 1.82) is 5.26 Å². The van der Waals surface area contributed by atoms with E-state index in [1.165, 1.54) is 14.2 Å². The Kier molecular flexibility index (Phi) is 10.6. The molecular weight excluding hydrogens is 477 g/mol. The number of ether oxygens (including phenoxy) is 2. The Morgan fingerprint density at radius 1 is 1.26 bits per heavy atom. The topological polar surface area (TPSA) is 110 Å². The molecule has 2 heterocycles. The molecule has 194 valence electrons. The fraction of sp³-hybridized carbons (Fsp3) is 0.955. The van der Waals surface area contributed by atoms with E-state index in [0.717, 1.165) is 0 Å². The van der Waals surface area contributed by atoms with Crippen LogP contribution in [0.3, 0.4) is 0 Å². The van der Waals surface area contributed by atoms with E-state index in [9.17, 15) is 9.67 Å². The van der Waals surface area contributed by atoms with Gasteiger partial charge in [0.2, 0.25) is 0 Å². The van der Waals surface area contributed by atoms with Crippen LogP contribution < -0.4 is 0 Å². The van der Waals surface area contributed by atoms with Gasteiger partial charge >= 0.3 is 7.60 Å². The SMILES string of the molecule is [B][C@@H]1O[C@@]2(C(C)CP(=O)(OC)OC)C[C@](C)(P(OCCC#N)N(C(C)C)C(C)C)CO[C@@H]1[C@@H]2O. The summed E-state index contributed by atoms with van der Waals surface area (Å²) in [5.41, 5.74) is -1.14. The predicted molar refractivity (Wildman–Crippen MR) is 133 cm³/mol. The van der Waals surface area contributed by atoms with Crippen molar-refractivity contribution in [1.82, 2.24) is 4.67 Å². The first-order valence-electron chi connectivity index (χ1n) is 11.8. The quantitative estimate of drug-likeness (QED) is 0.235. The fourth-order valence-electron chi connectivity index (χ4n) is 5.22. The van der Waals surface area contributed by atoms with E-state index < -0.39 is 50.8 Å². The van der Waals surface area contributed by atoms with E-state index >= 15 is 0 Å². The summed E-state index contributed by atoms with van der Waals surface area (Å²) in [6.07, 6.45) is -1.05. The molecule has 9 nitrogen and oxygen atoms in total. The lowest BCUT2D eigenvalue weighted by Gasteiger charge is -2.50. The maximum Gasteiger partial charge on any atom is 0.330 e. The van der Waals surface area contributed by atoms with Gasteiger partial charge in [0.25, 0.3) is 0 Å². The van der Waals surface area contributed by atoms with E-state index in [1.54, 1.807) is 0 Å². The molecule has 2 radical (unpaired) electrons. The summed E-state index contributed by atoms with van der Waals surface area (Å²) in [5, 5.41) is 19.9. The molecule has 2 aliphatic heterocycles. The highest BCUT2D eigenvalue weighted by molar-refractivity contribution is 7.53. The molecule has 34 heavy (non-hydrogen) atoms. The van der Waals surface area contributed by atoms with Crippen molar-refractivity contribution >= 4 is 23.7 Å². The van der Waals surface area contributed by atoms with Crippen LogP contribution in [0.4, 0.5) is 0 Å². The van der Waals surface area contributed by atoms with Gasteiger partial charge in [-0.05, 0) is 47.0 Å². The second-order valence-electron chi connectivity index (χ2n) is 10.1. The Bertz CT molecular complexity index is 754. The molecule has 2 bridgehead atoms. The molecule has 0 aromatic heterocycles. The number of aliphatic hydroxyl groups is 1. The Balaban J connectivity index is 2.53. The number of nitrogens with zero attached hydrogens (tertiary/aromatic N) is 2. The van der Waals surface area contributed by atoms with Crippen LogP contribution >= 0.6 is 15.9 Å². The Morgan fingerprint density at radius 3 is 2.35 bits per heavy atom. The molecular formula is C22H41BN2O7P2. The molecule has 0 aliphatic carbocycles. The number of rotatable bonds is 12. The maximum atomic E-state index is 13.0. The first-order valence-corrected chi connectivity index (χ1v) is 14.8. The molecule has 2 rings (SSSR count). The summed E-state index contributed by atoms with van der Waals surface area (Å²) < 4.78 is 44.6. The van der Waals surface area contributed by atoms with Gasteiger partial charge < -0.3 is 28.2 Å². The van der Waals surface area contributed by atoms with Crippen molar-refractivity contribution in [3.8, 4) is 6.07 Å². The zero-order valence-electron chi connectivity index (χ0n) is 21.8. The van der Waals surface area contributed by atoms with Gasteiger partial charge in [-0.15, -0.1) is 0 Å². The van der Waals surface area contributed by atoms with E-state index in [0.29, 0.717) is 19.6 Å². The molecule has 0 aromatic carbocycles. The normalized spacial score (nSPS) is 33.8. The van der Waals surface area contributed by atoms with Crippen molar-refractivity contribution in [3.63, 3.8) is 0 Å². The lowest BCUT2D eigenvalue weighted by atomic mass is 9.78. The average Bonchev–Trinajstić information content (AvgIpc) is 2.92. The van der Waals surface area contributed by atoms with Gasteiger partial charge in [-0.1, -0.05) is 6.92 Å². The van der Waals surface area contributed by atoms with Gasteiger partial charge in [0.1, 0.15) is 34.0 Å². The molecule has 2 saturated heterocycles. The molecule has 0 aromatic rings. The van der Waals surface area contributed by atoms with Crippen molar-refractivity contribution in [2.24, 2.45) is 5.92 Å². The van der Waals surface area contributed by atoms with Gasteiger partial charge in [0, 0.05) is 32.3 Å². The highest BCUT2D eigenvalue weighted by atomic mass is 31.2. The second kappa shape index (κ2) is 12.0. The van der Waals surface area contributed by atoms with Gasteiger partial charge in [0.05, 0.1) is 37.0 Å². The first-order chi connectivity index (χ1) is 15.8. The lowest BCUT2D eigenvalue weighted by molar-refractivity contribution is -0.108. The van der Waals surface area contributed by atoms with Crippen LogP contribution in [-0.4, -0.2) is 92.3 Å². The zero-order chi connectivity index (χ0) is 25.9. The van der Waals surface area contributed by atoms with E-state index in [4.69, 9.17) is 36.2 Å². The minimum Gasteiger partial charge on any atom is -0.387 e. The monoisotopic (exact) mass is 518 g/mol. The first kappa shape index (κ1) is 30.2. The highest BCUT2D eigenvalue weighted by Gasteiger charge is 2.63. The van der Waals surface area contributed by atoms with Crippen LogP contribution in [0.5, 0.6) is 0 Å². The van der Waals surface area contributed by atoms with Gasteiger partial charge in [-0.2, -0.15) is 5.26 Å². The van der Waals surface area contributed by atoms with Crippen LogP contribution in [0, 0.1) is 17.2 Å². The zero-order valence-corrected chi connectivity index (χ0v) is 23.6. The summed E-state index contributed by atoms with van der Waals surface area (Å²) >= 11 is 0. The number of hydrogen-bond acceptors (Lipinski definition) is 9. The van der Waals surface area contributed by atoms with Gasteiger partial charge in [-0.25, -0.2) is 0 Å². The Morgan fingerprint density at radius 2 is 1.85 bits per heavy atom. The summed E-state index contributed by atoms with van der Waals surface area (Å²) in [5.74, 6) is -0.423. The highest BCUT2D eigenvalue weighted by Crippen LogP contribution is 2.63. The summed E-state index contributed by atoms with van der Waals surface area (Å²) in [6, 6.07) is 1.68. The Hall–Kier alpha value is -0.0651. The van der Waals surface area contributed by atoms with Crippen molar-refractivity contribution in [2.75, 3.05) is 33.6 Å². The van der Waals surface area contributed by atoms with E-state index in [1.807, 2.05) is 6.92 Å². The number of hydrogen-bond donors (Lipinski definition) is 1. The van der Waals surface area contributed by atoms with E-state index in [2.05, 4.69) is 45.4 Å². The third-order valence-electron chi connectivity index (χ3n) is 6.78. The molecule has 7 atom stereocenters. The van der Waals surface area contributed by atoms with Crippen LogP contribution in [-0.2, 0) is 27.6 Å². The third-order valence-corrected chi connectivity index (χ3v) is 11.9. The van der Waals surface area contributed by atoms with Crippen LogP contribution in [0.1, 0.15) is 54.4 Å². The standard InChI is InChI=1S/C22H41BN2O7P2/c1-15(2)25(16(3)4)33(31-11-9-10-24)21(6)13-22(17(5)12-34(27,28-7)29-8)19(26)18(30-14-21)20(23)32-22/h15-20,26H,9,11-14H2,1-8H3/t17?,18-,19+,20-,21+,22-,33?/m1/s1. The van der Waals surface area contributed by atoms with Gasteiger partial charge in [-0.3, -0.25) is 9.24 Å². The second-order valence-corrected chi connectivity index (χ2v) is 14.7. The molecule has 2 fully saturated rings. The molecule has 0 saturated carbocycles. The predicted octanol–water partition coefficient (Wildman–Crippen LogP) is 3.64. The molecule has 2 aliphatic rings. The van der Waals surface area contributed by atoms with Crippen LogP contribution in [0.15, 0.2) is 0 Å². The van der Waals surface area contributed by atoms with Crippen LogP contribution in [0.25, 0.3) is 0 Å². The molecule has 1 N–H and O–H groups in total. The molecule has 0 spiro atoms. The lowest BCUT2D eigenvalue weighted by Crippen LogP contribution is -2.53. The summed E-state index contributed by atoms with van der Waals surface area (Å²) in [4.78, 5) is 0. The third kappa shape index (κ3) is 6.07. The largest absolute Gasteiger partial charge is 0.387 e. The summed E-state index contributed by atoms with van der Waals surface area (Å²) in [7, 11) is 4.27. The summed E-state index contributed by atoms with van der Waals surface area (Å²) in [6.45, 7) is 13.0. The van der Waals surface area contributed by atoms with Crippen molar-refractivity contribution in [2.45, 2.75) is 95.4 Å². The van der Waals surface area contributed by atoms with Gasteiger partial charge in [0.15, 0.2) is 0 Å². The molecule has 12 heteroatoms. The smallest absolute Gasteiger partial charge is 0.330 e. The number of nitriles is 1. The average molecular weight is 518 g/mol. The molecule has 2 unspecified atom stereocenters. The molecule has 0 amide bonds. The Labute approximate surface area is 207 Å². The van der Waals surface area contributed by atoms with E-state index in [-0.39, 0.29) is 24.7 Å². The fourth-order valence-corrected chi connectivity index (χ4v) is 9.32. The number of aliphatic hydroxyl groups excluding tert-OH is 1. The maximum absolute atomic E-state index is 13.0. The van der Waals surface area contributed by atoms with Crippen LogP contribution in [0.2, 0.25) is 0 Å². The minimum atomic E-state index is -3.38. The van der Waals surface area contributed by atoms with Crippen molar-refractivity contribution in [3.05, 3.63) is 0 Å². The number of fused-ring (bicyclic) bond motifs is 2.